The Kier molecular flexibility index (Phi) is 5.89. The van der Waals surface area contributed by atoms with Gasteiger partial charge in [0.05, 0.1) is 7.11 Å². The maximum atomic E-state index is 12.4. The fourth-order valence-corrected chi connectivity index (χ4v) is 3.35. The molecule has 5 heteroatoms. The first-order valence-electron chi connectivity index (χ1n) is 9.02. The molecule has 1 aliphatic heterocycles. The lowest BCUT2D eigenvalue weighted by molar-refractivity contribution is -0.136. The van der Waals surface area contributed by atoms with E-state index in [0.29, 0.717) is 17.2 Å². The van der Waals surface area contributed by atoms with Crippen LogP contribution in [0.2, 0.25) is 0 Å². The van der Waals surface area contributed by atoms with E-state index in [1.165, 1.54) is 39.2 Å². The first-order chi connectivity index (χ1) is 12.7. The van der Waals surface area contributed by atoms with Crippen molar-refractivity contribution in [3.05, 3.63) is 71.7 Å². The number of methoxy groups -OCH3 is 1. The molecule has 136 valence electrons. The van der Waals surface area contributed by atoms with Crippen LogP contribution in [0.1, 0.15) is 42.5 Å². The molecular formula is C21H24N2O3. The van der Waals surface area contributed by atoms with Crippen molar-refractivity contribution in [2.24, 2.45) is 0 Å². The molecule has 0 aromatic heterocycles. The lowest BCUT2D eigenvalue weighted by atomic mass is 9.94. The van der Waals surface area contributed by atoms with Gasteiger partial charge in [-0.3, -0.25) is 4.79 Å². The number of carbonyl (C=O) groups is 2. The van der Waals surface area contributed by atoms with E-state index in [-0.39, 0.29) is 11.6 Å². The number of esters is 1. The normalized spacial score (nSPS) is 17.1. The monoisotopic (exact) mass is 352 g/mol. The summed E-state index contributed by atoms with van der Waals surface area (Å²) >= 11 is 0. The third-order valence-corrected chi connectivity index (χ3v) is 4.80. The second kappa shape index (κ2) is 8.52. The van der Waals surface area contributed by atoms with E-state index >= 15 is 0 Å². The highest BCUT2D eigenvalue weighted by Gasteiger charge is 2.21. The second-order valence-electron chi connectivity index (χ2n) is 6.51. The van der Waals surface area contributed by atoms with Gasteiger partial charge in [0.2, 0.25) is 0 Å². The zero-order valence-corrected chi connectivity index (χ0v) is 15.0. The molecule has 1 aromatic rings. The Bertz CT molecular complexity index is 728. The van der Waals surface area contributed by atoms with Gasteiger partial charge >= 0.3 is 5.97 Å². The maximum absolute atomic E-state index is 12.4. The molecule has 0 spiro atoms. The van der Waals surface area contributed by atoms with Gasteiger partial charge in [-0.1, -0.05) is 37.5 Å². The Morgan fingerprint density at radius 3 is 2.31 bits per heavy atom. The van der Waals surface area contributed by atoms with Crippen LogP contribution in [0.15, 0.2) is 66.2 Å². The number of ether oxygens (including phenoxy) is 1. The molecule has 1 heterocycles. The van der Waals surface area contributed by atoms with Crippen LogP contribution >= 0.6 is 0 Å². The SMILES string of the molecule is COC(=O)C(NC(=O)c1ccccc1)=C1C=CN(C2CCCCC2)C=C1. The number of rotatable bonds is 4. The van der Waals surface area contributed by atoms with Crippen molar-refractivity contribution < 1.29 is 14.3 Å². The van der Waals surface area contributed by atoms with Gasteiger partial charge in [0.15, 0.2) is 0 Å². The van der Waals surface area contributed by atoms with Crippen molar-refractivity contribution >= 4 is 11.9 Å². The van der Waals surface area contributed by atoms with Crippen LogP contribution in [-0.2, 0) is 9.53 Å². The van der Waals surface area contributed by atoms with Crippen molar-refractivity contribution in [1.29, 1.82) is 0 Å². The van der Waals surface area contributed by atoms with E-state index in [1.807, 2.05) is 30.6 Å². The van der Waals surface area contributed by atoms with Gasteiger partial charge < -0.3 is 15.0 Å². The lowest BCUT2D eigenvalue weighted by Gasteiger charge is -2.32. The minimum Gasteiger partial charge on any atom is -0.464 e. The Hall–Kier alpha value is -2.82. The minimum atomic E-state index is -0.565. The summed E-state index contributed by atoms with van der Waals surface area (Å²) in [6, 6.07) is 9.31. The first kappa shape index (κ1) is 18.0. The number of benzene rings is 1. The van der Waals surface area contributed by atoms with Crippen LogP contribution < -0.4 is 5.32 Å². The van der Waals surface area contributed by atoms with Gasteiger partial charge in [-0.2, -0.15) is 0 Å². The second-order valence-corrected chi connectivity index (χ2v) is 6.51. The van der Waals surface area contributed by atoms with Gasteiger partial charge in [-0.25, -0.2) is 4.79 Å². The predicted octanol–water partition coefficient (Wildman–Crippen LogP) is 3.52. The summed E-state index contributed by atoms with van der Waals surface area (Å²) < 4.78 is 4.85. The summed E-state index contributed by atoms with van der Waals surface area (Å²) in [5, 5.41) is 2.69. The van der Waals surface area contributed by atoms with E-state index in [4.69, 9.17) is 4.74 Å². The minimum absolute atomic E-state index is 0.150. The molecule has 26 heavy (non-hydrogen) atoms. The van der Waals surface area contributed by atoms with Crippen LogP contribution in [0.3, 0.4) is 0 Å². The average molecular weight is 352 g/mol. The molecule has 0 saturated heterocycles. The molecule has 0 radical (unpaired) electrons. The Morgan fingerprint density at radius 1 is 1.04 bits per heavy atom. The summed E-state index contributed by atoms with van der Waals surface area (Å²) in [5.41, 5.74) is 1.27. The van der Waals surface area contributed by atoms with Gasteiger partial charge in [0.25, 0.3) is 5.91 Å². The zero-order valence-electron chi connectivity index (χ0n) is 15.0. The van der Waals surface area contributed by atoms with Crippen LogP contribution in [-0.4, -0.2) is 29.9 Å². The van der Waals surface area contributed by atoms with Gasteiger partial charge in [-0.05, 0) is 37.1 Å². The summed E-state index contributed by atoms with van der Waals surface area (Å²) in [6.07, 6.45) is 13.8. The third-order valence-electron chi connectivity index (χ3n) is 4.80. The number of carbonyl (C=O) groups excluding carboxylic acids is 2. The number of allylic oxidation sites excluding steroid dienone is 3. The van der Waals surface area contributed by atoms with E-state index < -0.39 is 5.97 Å². The number of hydrogen-bond donors (Lipinski definition) is 1. The summed E-state index contributed by atoms with van der Waals surface area (Å²) in [6.45, 7) is 0. The molecule has 1 saturated carbocycles. The van der Waals surface area contributed by atoms with Crippen LogP contribution in [0.25, 0.3) is 0 Å². The number of amides is 1. The fraction of sp³-hybridized carbons (Fsp3) is 0.333. The molecular weight excluding hydrogens is 328 g/mol. The van der Waals surface area contributed by atoms with Crippen molar-refractivity contribution in [3.8, 4) is 0 Å². The molecule has 0 atom stereocenters. The summed E-state index contributed by atoms with van der Waals surface area (Å²) in [4.78, 5) is 26.8. The number of hydrogen-bond acceptors (Lipinski definition) is 4. The topological polar surface area (TPSA) is 58.6 Å². The lowest BCUT2D eigenvalue weighted by Crippen LogP contribution is -2.31. The van der Waals surface area contributed by atoms with Gasteiger partial charge in [-0.15, -0.1) is 0 Å². The molecule has 0 bridgehead atoms. The third kappa shape index (κ3) is 4.23. The van der Waals surface area contributed by atoms with Crippen LogP contribution in [0.4, 0.5) is 0 Å². The quantitative estimate of drug-likeness (QED) is 0.665. The molecule has 1 amide bonds. The first-order valence-corrected chi connectivity index (χ1v) is 9.02. The van der Waals surface area contributed by atoms with Gasteiger partial charge in [0, 0.05) is 29.6 Å². The highest BCUT2D eigenvalue weighted by atomic mass is 16.5. The van der Waals surface area contributed by atoms with E-state index in [2.05, 4.69) is 10.2 Å². The largest absolute Gasteiger partial charge is 0.464 e. The molecule has 3 rings (SSSR count). The van der Waals surface area contributed by atoms with Gasteiger partial charge in [0.1, 0.15) is 5.70 Å². The molecule has 5 nitrogen and oxygen atoms in total. The number of nitrogens with one attached hydrogen (secondary N) is 1. The van der Waals surface area contributed by atoms with Crippen molar-refractivity contribution in [3.63, 3.8) is 0 Å². The fourth-order valence-electron chi connectivity index (χ4n) is 3.35. The molecule has 1 aliphatic carbocycles. The maximum Gasteiger partial charge on any atom is 0.355 e. The smallest absolute Gasteiger partial charge is 0.355 e. The van der Waals surface area contributed by atoms with Crippen molar-refractivity contribution in [2.75, 3.05) is 7.11 Å². The van der Waals surface area contributed by atoms with Crippen molar-refractivity contribution in [1.82, 2.24) is 10.2 Å². The van der Waals surface area contributed by atoms with Crippen molar-refractivity contribution in [2.45, 2.75) is 38.1 Å². The highest BCUT2D eigenvalue weighted by molar-refractivity contribution is 6.01. The Labute approximate surface area is 154 Å². The Balaban J connectivity index is 1.78. The molecule has 1 N–H and O–H groups in total. The summed E-state index contributed by atoms with van der Waals surface area (Å²) in [7, 11) is 1.31. The average Bonchev–Trinajstić information content (AvgIpc) is 2.72. The van der Waals surface area contributed by atoms with E-state index in [9.17, 15) is 9.59 Å². The van der Waals surface area contributed by atoms with Crippen LogP contribution in [0.5, 0.6) is 0 Å². The molecule has 0 unspecified atom stereocenters. The number of nitrogens with zero attached hydrogens (tertiary/aromatic N) is 1. The van der Waals surface area contributed by atoms with Crippen LogP contribution in [0, 0.1) is 0 Å². The molecule has 1 fully saturated rings. The Morgan fingerprint density at radius 2 is 1.69 bits per heavy atom. The highest BCUT2D eigenvalue weighted by Crippen LogP contribution is 2.25. The molecule has 2 aliphatic rings. The summed E-state index contributed by atoms with van der Waals surface area (Å²) in [5.74, 6) is -0.903. The zero-order chi connectivity index (χ0) is 18.4. The predicted molar refractivity (Wildman–Crippen MR) is 99.9 cm³/mol. The van der Waals surface area contributed by atoms with E-state index in [1.54, 1.807) is 24.3 Å². The van der Waals surface area contributed by atoms with E-state index in [0.717, 1.165) is 0 Å². The molecule has 1 aromatic carbocycles. The standard InChI is InChI=1S/C21H24N2O3/c1-26-21(25)19(22-20(24)17-8-4-2-5-9-17)16-12-14-23(15-13-16)18-10-6-3-7-11-18/h2,4-5,8-9,12-15,18H,3,6-7,10-11H2,1H3,(H,22,24).